The summed E-state index contributed by atoms with van der Waals surface area (Å²) in [5.74, 6) is -1.48. The van der Waals surface area contributed by atoms with E-state index in [4.69, 9.17) is 19.9 Å². The van der Waals surface area contributed by atoms with Crippen molar-refractivity contribution >= 4 is 0 Å². The van der Waals surface area contributed by atoms with Gasteiger partial charge in [0.15, 0.2) is 11.6 Å². The maximum Gasteiger partial charge on any atom is 0.201 e. The third-order valence-electron chi connectivity index (χ3n) is 3.77. The summed E-state index contributed by atoms with van der Waals surface area (Å²) in [5.41, 5.74) is 6.25. The lowest BCUT2D eigenvalue weighted by molar-refractivity contribution is 0.104. The molecule has 0 unspecified atom stereocenters. The molecular formula is C21H33F2N3O3. The van der Waals surface area contributed by atoms with Gasteiger partial charge in [-0.2, -0.15) is 4.39 Å². The molecule has 0 aliphatic rings. The normalized spacial score (nSPS) is 10.6. The van der Waals surface area contributed by atoms with E-state index in [0.29, 0.717) is 30.2 Å². The lowest BCUT2D eigenvalue weighted by Gasteiger charge is -2.12. The summed E-state index contributed by atoms with van der Waals surface area (Å²) in [6, 6.07) is 2.50. The van der Waals surface area contributed by atoms with Crippen molar-refractivity contribution in [2.24, 2.45) is 5.73 Å². The van der Waals surface area contributed by atoms with Gasteiger partial charge in [0.2, 0.25) is 5.82 Å². The number of hydrogen-bond donors (Lipinski definition) is 2. The first-order valence-electron chi connectivity index (χ1n) is 10.0. The van der Waals surface area contributed by atoms with Crippen molar-refractivity contribution in [3.05, 3.63) is 35.8 Å². The summed E-state index contributed by atoms with van der Waals surface area (Å²) in [6.45, 7) is 9.08. The van der Waals surface area contributed by atoms with Gasteiger partial charge in [-0.3, -0.25) is 0 Å². The van der Waals surface area contributed by atoms with Crippen LogP contribution in [-0.4, -0.2) is 49.5 Å². The Morgan fingerprint density at radius 3 is 2.38 bits per heavy atom. The number of benzene rings is 1. The summed E-state index contributed by atoms with van der Waals surface area (Å²) in [4.78, 5) is 7.00. The van der Waals surface area contributed by atoms with E-state index in [-0.39, 0.29) is 19.0 Å². The summed E-state index contributed by atoms with van der Waals surface area (Å²) in [5, 5.41) is 0. The third-order valence-corrected chi connectivity index (χ3v) is 3.77. The molecule has 0 saturated heterocycles. The SMILES string of the molecule is CCCCOCCC.Cc1ncc(-c2ccc(F)c(F)c2OCCOCCN)[nH]1. The molecule has 1 heterocycles. The predicted octanol–water partition coefficient (Wildman–Crippen LogP) is 4.23. The topological polar surface area (TPSA) is 82.4 Å². The molecule has 29 heavy (non-hydrogen) atoms. The van der Waals surface area contributed by atoms with E-state index in [1.54, 1.807) is 13.1 Å². The number of hydrogen-bond acceptors (Lipinski definition) is 5. The molecule has 164 valence electrons. The zero-order chi connectivity index (χ0) is 21.5. The largest absolute Gasteiger partial charge is 0.487 e. The Labute approximate surface area is 171 Å². The van der Waals surface area contributed by atoms with Crippen LogP contribution < -0.4 is 10.5 Å². The Morgan fingerprint density at radius 2 is 1.76 bits per heavy atom. The van der Waals surface area contributed by atoms with E-state index < -0.39 is 11.6 Å². The number of aromatic amines is 1. The van der Waals surface area contributed by atoms with E-state index in [1.165, 1.54) is 18.9 Å². The Kier molecular flexibility index (Phi) is 12.8. The molecule has 3 N–H and O–H groups in total. The number of rotatable bonds is 12. The van der Waals surface area contributed by atoms with Gasteiger partial charge >= 0.3 is 0 Å². The van der Waals surface area contributed by atoms with Gasteiger partial charge in [-0.15, -0.1) is 0 Å². The highest BCUT2D eigenvalue weighted by Gasteiger charge is 2.17. The molecule has 6 nitrogen and oxygen atoms in total. The zero-order valence-electron chi connectivity index (χ0n) is 17.6. The number of imidazole rings is 1. The number of aromatic nitrogens is 2. The summed E-state index contributed by atoms with van der Waals surface area (Å²) in [6.07, 6.45) is 5.13. The van der Waals surface area contributed by atoms with Crippen molar-refractivity contribution in [1.82, 2.24) is 9.97 Å². The number of ether oxygens (including phenoxy) is 3. The second-order valence-corrected chi connectivity index (χ2v) is 6.34. The maximum atomic E-state index is 13.9. The minimum Gasteiger partial charge on any atom is -0.487 e. The number of nitrogens with zero attached hydrogens (tertiary/aromatic N) is 1. The number of nitrogens with two attached hydrogens (primary N) is 1. The first kappa shape index (κ1) is 25.0. The molecule has 0 atom stereocenters. The highest BCUT2D eigenvalue weighted by molar-refractivity contribution is 5.67. The lowest BCUT2D eigenvalue weighted by atomic mass is 10.1. The van der Waals surface area contributed by atoms with Gasteiger partial charge in [0, 0.05) is 25.3 Å². The first-order chi connectivity index (χ1) is 14.0. The fourth-order valence-corrected chi connectivity index (χ4v) is 2.32. The summed E-state index contributed by atoms with van der Waals surface area (Å²) < 4.78 is 43.0. The van der Waals surface area contributed by atoms with Gasteiger partial charge in [-0.1, -0.05) is 20.3 Å². The molecule has 2 rings (SSSR count). The summed E-state index contributed by atoms with van der Waals surface area (Å²) >= 11 is 0. The van der Waals surface area contributed by atoms with Crippen molar-refractivity contribution in [2.45, 2.75) is 40.0 Å². The molecule has 0 radical (unpaired) electrons. The van der Waals surface area contributed by atoms with Crippen LogP contribution in [0.15, 0.2) is 18.3 Å². The van der Waals surface area contributed by atoms with Gasteiger partial charge in [0.25, 0.3) is 0 Å². The minimum atomic E-state index is -1.03. The standard InChI is InChI=1S/C14H17F2N3O2.C7H16O/c1-9-18-8-12(19-9)10-2-3-11(15)13(16)14(10)21-7-6-20-5-4-17;1-3-5-7-8-6-4-2/h2-3,8H,4-7,17H2,1H3,(H,18,19);3-7H2,1-2H3. The quantitative estimate of drug-likeness (QED) is 0.509. The number of nitrogens with one attached hydrogen (secondary N) is 1. The van der Waals surface area contributed by atoms with Crippen LogP contribution in [0.4, 0.5) is 8.78 Å². The molecule has 0 amide bonds. The minimum absolute atomic E-state index is 0.0977. The average Bonchev–Trinajstić information content (AvgIpc) is 3.15. The molecule has 0 spiro atoms. The highest BCUT2D eigenvalue weighted by Crippen LogP contribution is 2.32. The summed E-state index contributed by atoms with van der Waals surface area (Å²) in [7, 11) is 0. The van der Waals surface area contributed by atoms with Crippen LogP contribution in [-0.2, 0) is 9.47 Å². The lowest BCUT2D eigenvalue weighted by Crippen LogP contribution is -2.14. The van der Waals surface area contributed by atoms with Gasteiger partial charge in [0.1, 0.15) is 12.4 Å². The van der Waals surface area contributed by atoms with E-state index in [9.17, 15) is 8.78 Å². The number of unbranched alkanes of at least 4 members (excludes halogenated alkanes) is 1. The van der Waals surface area contributed by atoms with E-state index in [0.717, 1.165) is 25.7 Å². The fraction of sp³-hybridized carbons (Fsp3) is 0.571. The van der Waals surface area contributed by atoms with Crippen molar-refractivity contribution in [3.8, 4) is 17.0 Å². The Bertz CT molecular complexity index is 690. The van der Waals surface area contributed by atoms with E-state index >= 15 is 0 Å². The van der Waals surface area contributed by atoms with Crippen LogP contribution in [0.5, 0.6) is 5.75 Å². The molecule has 8 heteroatoms. The Hall–Kier alpha value is -2.03. The van der Waals surface area contributed by atoms with E-state index in [1.807, 2.05) is 0 Å². The second kappa shape index (κ2) is 14.9. The van der Waals surface area contributed by atoms with Crippen LogP contribution in [0.1, 0.15) is 38.9 Å². The smallest absolute Gasteiger partial charge is 0.201 e. The Balaban J connectivity index is 0.000000447. The number of halogens is 2. The van der Waals surface area contributed by atoms with Crippen LogP contribution in [0.3, 0.4) is 0 Å². The Morgan fingerprint density at radius 1 is 1.00 bits per heavy atom. The highest BCUT2D eigenvalue weighted by atomic mass is 19.2. The molecule has 2 aromatic rings. The molecule has 0 aliphatic carbocycles. The average molecular weight is 414 g/mol. The molecule has 0 aliphatic heterocycles. The monoisotopic (exact) mass is 413 g/mol. The van der Waals surface area contributed by atoms with Gasteiger partial charge in [-0.05, 0) is 31.9 Å². The maximum absolute atomic E-state index is 13.9. The molecular weight excluding hydrogens is 380 g/mol. The second-order valence-electron chi connectivity index (χ2n) is 6.34. The number of aryl methyl sites for hydroxylation is 1. The molecule has 0 fully saturated rings. The molecule has 1 aromatic carbocycles. The van der Waals surface area contributed by atoms with E-state index in [2.05, 4.69) is 23.8 Å². The zero-order valence-corrected chi connectivity index (χ0v) is 17.6. The first-order valence-corrected chi connectivity index (χ1v) is 10.0. The van der Waals surface area contributed by atoms with Crippen molar-refractivity contribution < 1.29 is 23.0 Å². The van der Waals surface area contributed by atoms with Gasteiger partial charge < -0.3 is 24.9 Å². The van der Waals surface area contributed by atoms with Crippen molar-refractivity contribution in [2.75, 3.05) is 39.6 Å². The van der Waals surface area contributed by atoms with Crippen LogP contribution >= 0.6 is 0 Å². The predicted molar refractivity (Wildman–Crippen MR) is 110 cm³/mol. The fourth-order valence-electron chi connectivity index (χ4n) is 2.32. The molecule has 0 saturated carbocycles. The third kappa shape index (κ3) is 9.34. The molecule has 0 bridgehead atoms. The van der Waals surface area contributed by atoms with Gasteiger partial charge in [0.05, 0.1) is 25.1 Å². The molecule has 1 aromatic heterocycles. The van der Waals surface area contributed by atoms with Crippen LogP contribution in [0.2, 0.25) is 0 Å². The van der Waals surface area contributed by atoms with Crippen LogP contribution in [0, 0.1) is 18.6 Å². The number of H-pyrrole nitrogens is 1. The van der Waals surface area contributed by atoms with Crippen molar-refractivity contribution in [1.29, 1.82) is 0 Å². The van der Waals surface area contributed by atoms with Gasteiger partial charge in [-0.25, -0.2) is 9.37 Å². The van der Waals surface area contributed by atoms with Crippen LogP contribution in [0.25, 0.3) is 11.3 Å². The van der Waals surface area contributed by atoms with Crippen molar-refractivity contribution in [3.63, 3.8) is 0 Å².